The van der Waals surface area contributed by atoms with Crippen LogP contribution in [0.3, 0.4) is 0 Å². The molecular weight excluding hydrogens is 462 g/mol. The summed E-state index contributed by atoms with van der Waals surface area (Å²) >= 11 is 0. The van der Waals surface area contributed by atoms with Crippen molar-refractivity contribution < 1.29 is 27.2 Å². The molecule has 0 unspecified atom stereocenters. The van der Waals surface area contributed by atoms with E-state index in [4.69, 9.17) is 35.6 Å². The van der Waals surface area contributed by atoms with Gasteiger partial charge in [0, 0.05) is 11.4 Å². The molecule has 3 rings (SSSR count). The second-order valence-corrected chi connectivity index (χ2v) is 6.24. The van der Waals surface area contributed by atoms with Crippen LogP contribution < -0.4 is 0 Å². The monoisotopic (exact) mass is 482 g/mol. The predicted octanol–water partition coefficient (Wildman–Crippen LogP) is 2.32. The second-order valence-electron chi connectivity index (χ2n) is 6.24. The molecule has 171 valence electrons. The Labute approximate surface area is 188 Å². The van der Waals surface area contributed by atoms with E-state index in [1.54, 1.807) is 0 Å². The zero-order valence-corrected chi connectivity index (χ0v) is 18.1. The molecule has 3 aromatic rings. The fourth-order valence-electron chi connectivity index (χ4n) is 2.68. The molecule has 31 heavy (non-hydrogen) atoms. The summed E-state index contributed by atoms with van der Waals surface area (Å²) in [6.45, 7) is 9.56. The quantitative estimate of drug-likeness (QED) is 0.306. The smallest absolute Gasteiger partial charge is 0.356 e. The van der Waals surface area contributed by atoms with Crippen molar-refractivity contribution >= 4 is 0 Å². The van der Waals surface area contributed by atoms with Crippen molar-refractivity contribution in [2.24, 2.45) is 0 Å². The fraction of sp³-hybridized carbons (Fsp3) is 0.353. The molecule has 3 heterocycles. The van der Waals surface area contributed by atoms with Crippen LogP contribution in [0.15, 0.2) is 30.3 Å². The van der Waals surface area contributed by atoms with Gasteiger partial charge in [0.1, 0.15) is 0 Å². The number of aryl methyl sites for hydroxylation is 4. The van der Waals surface area contributed by atoms with E-state index < -0.39 is 10.2 Å². The largest absolute Gasteiger partial charge is 2.00 e. The van der Waals surface area contributed by atoms with Crippen molar-refractivity contribution in [3.05, 3.63) is 95.1 Å². The van der Waals surface area contributed by atoms with E-state index in [1.807, 2.05) is 35.3 Å². The molecule has 1 radical (unpaired) electrons. The van der Waals surface area contributed by atoms with Crippen molar-refractivity contribution in [3.8, 4) is 0 Å². The third kappa shape index (κ3) is 10.7. The van der Waals surface area contributed by atoms with Crippen molar-refractivity contribution in [1.82, 2.24) is 24.5 Å². The molecule has 0 aliphatic rings. The summed E-state index contributed by atoms with van der Waals surface area (Å²) in [7, 11) is 0. The average molecular weight is 483 g/mol. The first-order valence-corrected chi connectivity index (χ1v) is 8.58. The van der Waals surface area contributed by atoms with E-state index in [2.05, 4.69) is 42.2 Å². The number of rotatable bonds is 4. The van der Waals surface area contributed by atoms with Gasteiger partial charge in [-0.05, 0) is 52.0 Å². The van der Waals surface area contributed by atoms with Crippen LogP contribution in [0.1, 0.15) is 34.2 Å². The molecule has 0 aliphatic heterocycles. The first-order chi connectivity index (χ1) is 14.0. The Bertz CT molecular complexity index is 921. The maximum atomic E-state index is 8.25. The zero-order valence-electron chi connectivity index (χ0n) is 17.2. The van der Waals surface area contributed by atoms with Gasteiger partial charge < -0.3 is 30.6 Å². The maximum absolute atomic E-state index is 8.25. The first kappa shape index (κ1) is 27.5. The third-order valence-corrected chi connectivity index (χ3v) is 3.69. The minimum Gasteiger partial charge on any atom is -0.356 e. The molecule has 0 amide bonds. The SMILES string of the molecule is Cc1cc(C)n(Cc2cccc(Cn3nc(C)cc3C)n2)n1.O=[N+]([O-])[O-].O=[N+]([O-])[O-].[Cu+2]. The number of hydrogen-bond acceptors (Lipinski definition) is 9. The standard InChI is InChI=1S/C17H21N5.Cu.2NO3/c1-12-8-14(3)21(19-12)10-16-6-5-7-17(18-16)11-22-15(4)9-13(2)20-22;;2*2-1(3)4/h5-9H,10-11H2,1-4H3;;;/q;+2;2*-1. The van der Waals surface area contributed by atoms with Gasteiger partial charge in [0.05, 0.1) is 46.0 Å². The summed E-state index contributed by atoms with van der Waals surface area (Å²) < 4.78 is 3.98. The number of pyridine rings is 1. The van der Waals surface area contributed by atoms with Gasteiger partial charge in [-0.3, -0.25) is 14.3 Å². The van der Waals surface area contributed by atoms with Crippen molar-refractivity contribution in [1.29, 1.82) is 0 Å². The summed E-state index contributed by atoms with van der Waals surface area (Å²) in [6, 6.07) is 10.3. The fourth-order valence-corrected chi connectivity index (χ4v) is 2.68. The van der Waals surface area contributed by atoms with Crippen LogP contribution in [0.2, 0.25) is 0 Å². The molecule has 13 nitrogen and oxygen atoms in total. The molecule has 3 aromatic heterocycles. The van der Waals surface area contributed by atoms with Crippen molar-refractivity contribution in [2.75, 3.05) is 0 Å². The minimum absolute atomic E-state index is 0. The second kappa shape index (κ2) is 12.9. The number of nitrogens with zero attached hydrogens (tertiary/aromatic N) is 7. The molecule has 0 bridgehead atoms. The molecule has 0 saturated heterocycles. The molecule has 0 atom stereocenters. The summed E-state index contributed by atoms with van der Waals surface area (Å²) in [5.41, 5.74) is 6.43. The Balaban J connectivity index is 0.000000867. The molecule has 0 fully saturated rings. The Morgan fingerprint density at radius 3 is 1.35 bits per heavy atom. The van der Waals surface area contributed by atoms with E-state index in [1.165, 1.54) is 0 Å². The normalized spacial score (nSPS) is 9.42. The van der Waals surface area contributed by atoms with E-state index >= 15 is 0 Å². The molecule has 0 spiro atoms. The maximum Gasteiger partial charge on any atom is 2.00 e. The zero-order chi connectivity index (χ0) is 22.8. The predicted molar refractivity (Wildman–Crippen MR) is 107 cm³/mol. The summed E-state index contributed by atoms with van der Waals surface area (Å²) in [5, 5.41) is 38.5. The van der Waals surface area contributed by atoms with Crippen LogP contribution in [0.4, 0.5) is 0 Å². The Morgan fingerprint density at radius 2 is 1.10 bits per heavy atom. The van der Waals surface area contributed by atoms with E-state index in [-0.39, 0.29) is 17.1 Å². The Kier molecular flexibility index (Phi) is 11.5. The minimum atomic E-state index is -1.75. The van der Waals surface area contributed by atoms with Crippen LogP contribution in [0.5, 0.6) is 0 Å². The Morgan fingerprint density at radius 1 is 0.774 bits per heavy atom. The Hall–Kier alpha value is -3.51. The molecule has 0 aromatic carbocycles. The number of hydrogen-bond donors (Lipinski definition) is 0. The van der Waals surface area contributed by atoms with Gasteiger partial charge in [0.15, 0.2) is 0 Å². The van der Waals surface area contributed by atoms with Gasteiger partial charge in [-0.25, -0.2) is 0 Å². The van der Waals surface area contributed by atoms with Gasteiger partial charge in [-0.15, -0.1) is 0 Å². The van der Waals surface area contributed by atoms with Crippen LogP contribution in [-0.2, 0) is 30.2 Å². The van der Waals surface area contributed by atoms with Crippen LogP contribution >= 0.6 is 0 Å². The molecule has 0 saturated carbocycles. The van der Waals surface area contributed by atoms with Gasteiger partial charge >= 0.3 is 17.1 Å². The van der Waals surface area contributed by atoms with Crippen LogP contribution in [0.25, 0.3) is 0 Å². The average Bonchev–Trinajstić information content (AvgIpc) is 3.07. The van der Waals surface area contributed by atoms with Gasteiger partial charge in [-0.1, -0.05) is 6.07 Å². The van der Waals surface area contributed by atoms with Gasteiger partial charge in [0.25, 0.3) is 0 Å². The summed E-state index contributed by atoms with van der Waals surface area (Å²) in [6.07, 6.45) is 0. The summed E-state index contributed by atoms with van der Waals surface area (Å²) in [5.74, 6) is 0. The molecular formula is C17H21CuN7O6. The van der Waals surface area contributed by atoms with Crippen molar-refractivity contribution in [3.63, 3.8) is 0 Å². The van der Waals surface area contributed by atoms with E-state index in [0.29, 0.717) is 13.1 Å². The third-order valence-electron chi connectivity index (χ3n) is 3.69. The molecule has 0 aliphatic carbocycles. The topological polar surface area (TPSA) is 181 Å². The number of aromatic nitrogens is 5. The van der Waals surface area contributed by atoms with E-state index in [9.17, 15) is 0 Å². The molecule has 14 heteroatoms. The van der Waals surface area contributed by atoms with Gasteiger partial charge in [-0.2, -0.15) is 10.2 Å². The summed E-state index contributed by atoms with van der Waals surface area (Å²) in [4.78, 5) is 21.2. The van der Waals surface area contributed by atoms with E-state index in [0.717, 1.165) is 34.2 Å². The van der Waals surface area contributed by atoms with Gasteiger partial charge in [0.2, 0.25) is 0 Å². The van der Waals surface area contributed by atoms with Crippen LogP contribution in [0, 0.1) is 58.3 Å². The first-order valence-electron chi connectivity index (χ1n) is 8.58. The van der Waals surface area contributed by atoms with Crippen LogP contribution in [-0.4, -0.2) is 34.7 Å². The molecule has 0 N–H and O–H groups in total. The van der Waals surface area contributed by atoms with Crippen molar-refractivity contribution in [2.45, 2.75) is 40.8 Å².